The van der Waals surface area contributed by atoms with E-state index in [2.05, 4.69) is 395 Å². The zero-order chi connectivity index (χ0) is 69.5. The fourth-order valence-electron chi connectivity index (χ4n) is 17.7. The molecule has 22 rings (SSSR count). The summed E-state index contributed by atoms with van der Waals surface area (Å²) in [5.74, 6) is 1.61. The lowest BCUT2D eigenvalue weighted by molar-refractivity contribution is 0.488. The van der Waals surface area contributed by atoms with Crippen molar-refractivity contribution in [3.8, 4) is 33.8 Å². The van der Waals surface area contributed by atoms with Gasteiger partial charge in [-0.05, 0) is 153 Å². The first-order chi connectivity index (χ1) is 52.6. The molecule has 4 aliphatic heterocycles. The van der Waals surface area contributed by atoms with Crippen LogP contribution in [0.2, 0.25) is 0 Å². The summed E-state index contributed by atoms with van der Waals surface area (Å²) in [4.78, 5) is 12.6. The number of hydrogen-bond donors (Lipinski definition) is 0. The number of thiophene rings is 2. The molecular formula is C96H61B2N5OS2. The van der Waals surface area contributed by atoms with Crippen LogP contribution in [-0.2, 0) is 0 Å². The number of hydrogen-bond acceptors (Lipinski definition) is 8. The second kappa shape index (κ2) is 24.3. The number of para-hydroxylation sites is 7. The molecule has 10 heteroatoms. The van der Waals surface area contributed by atoms with Crippen LogP contribution in [-0.4, -0.2) is 13.4 Å². The molecule has 4 aliphatic rings. The summed E-state index contributed by atoms with van der Waals surface area (Å²) in [5, 5.41) is 4.92. The Hall–Kier alpha value is -13.1. The van der Waals surface area contributed by atoms with Gasteiger partial charge in [0.2, 0.25) is 0 Å². The first-order valence-corrected chi connectivity index (χ1v) is 37.9. The van der Waals surface area contributed by atoms with Gasteiger partial charge in [0.25, 0.3) is 13.4 Å². The molecule has 0 saturated heterocycles. The maximum atomic E-state index is 8.17. The molecule has 0 unspecified atom stereocenters. The van der Waals surface area contributed by atoms with Gasteiger partial charge in [0.1, 0.15) is 11.5 Å². The van der Waals surface area contributed by atoms with Crippen LogP contribution in [0.15, 0.2) is 370 Å². The van der Waals surface area contributed by atoms with Gasteiger partial charge in [0, 0.05) is 116 Å². The summed E-state index contributed by atoms with van der Waals surface area (Å²) in [6.07, 6.45) is 0. The smallest absolute Gasteiger partial charge is 0.256 e. The summed E-state index contributed by atoms with van der Waals surface area (Å²) in [6.45, 7) is -0.514. The Bertz CT molecular complexity index is 6460. The van der Waals surface area contributed by atoms with Crippen LogP contribution in [0.3, 0.4) is 0 Å². The highest BCUT2D eigenvalue weighted by Gasteiger charge is 2.49. The molecule has 18 aromatic rings. The molecule has 16 aromatic carbocycles. The molecule has 6 heterocycles. The predicted molar refractivity (Wildman–Crippen MR) is 452 cm³/mol. The second-order valence-corrected chi connectivity index (χ2v) is 29.9. The Morgan fingerprint density at radius 1 is 0.274 bits per heavy atom. The van der Waals surface area contributed by atoms with Gasteiger partial charge < -0.3 is 29.2 Å². The third-order valence-electron chi connectivity index (χ3n) is 22.0. The third kappa shape index (κ3) is 9.31. The van der Waals surface area contributed by atoms with E-state index in [-0.39, 0.29) is 13.4 Å². The predicted octanol–water partition coefficient (Wildman–Crippen LogP) is 23.2. The number of rotatable bonds is 11. The van der Waals surface area contributed by atoms with Crippen molar-refractivity contribution in [2.24, 2.45) is 0 Å². The van der Waals surface area contributed by atoms with Crippen LogP contribution >= 0.6 is 22.7 Å². The van der Waals surface area contributed by atoms with Gasteiger partial charge in [0.05, 0.1) is 33.1 Å². The van der Waals surface area contributed by atoms with Crippen LogP contribution in [0.1, 0.15) is 0 Å². The molecule has 0 saturated carbocycles. The molecule has 0 spiro atoms. The standard InChI is InChI=1S/C96H61B2N5OS2/c1-7-30-62(31-8-1)70-44-27-45-71(63-32-9-2-10-33-63)95(70)103-80-50-24-22-48-76(80)98-78-60-77-83(61-87(78)104-88-59-69(58-86(103)94(88)98)100(66-38-15-5-16-39-66)82-52-28-46-73-72-42-19-25-53-89(72)106-96(73)82)102(81-51-29-55-91-92(81)74-43-20-26-54-90(74)105-91)85-57-68(99(64-34-11-3-12-35-64)65-36-13-4-14-37-65)56-84-93(85)97(77)75-47-21-23-49-79(75)101(84)67-40-17-6-18-41-67/h1-61H. The SMILES string of the molecule is c1ccc(-c2cccc(-c3ccccc3)c2N2c3ccccc3B3c4cc5c(cc4Oc4cc(N(c6ccccc6)c6cccc7c6sc6ccccc67)cc2c43)N(c2cccc3sc4ccccc4c23)c2cc(N(c3ccccc3)c3ccccc3)cc3c2B5c2ccccc2N3c2ccccc2)cc1. The Balaban J connectivity index is 0.856. The number of nitrogens with zero attached hydrogens (tertiary/aromatic N) is 5. The molecule has 0 N–H and O–H groups in total. The van der Waals surface area contributed by atoms with Gasteiger partial charge in [0.15, 0.2) is 0 Å². The van der Waals surface area contributed by atoms with Gasteiger partial charge in [-0.2, -0.15) is 0 Å². The van der Waals surface area contributed by atoms with Crippen LogP contribution in [0.5, 0.6) is 11.5 Å². The highest BCUT2D eigenvalue weighted by Crippen LogP contribution is 2.56. The number of anilines is 15. The monoisotopic (exact) mass is 1390 g/mol. The molecule has 106 heavy (non-hydrogen) atoms. The van der Waals surface area contributed by atoms with E-state index in [1.54, 1.807) is 0 Å². The van der Waals surface area contributed by atoms with Crippen LogP contribution in [0, 0.1) is 0 Å². The second-order valence-electron chi connectivity index (χ2n) is 27.8. The number of benzene rings is 16. The Kier molecular flexibility index (Phi) is 13.8. The van der Waals surface area contributed by atoms with Crippen molar-refractivity contribution in [1.82, 2.24) is 0 Å². The number of ether oxygens (including phenoxy) is 1. The summed E-state index contributed by atoms with van der Waals surface area (Å²) < 4.78 is 13.1. The Morgan fingerprint density at radius 2 is 0.745 bits per heavy atom. The maximum absolute atomic E-state index is 8.17. The minimum atomic E-state index is -0.285. The molecular weight excluding hydrogens is 1320 g/mol. The van der Waals surface area contributed by atoms with E-state index >= 15 is 0 Å². The molecule has 0 atom stereocenters. The minimum Gasteiger partial charge on any atom is -0.458 e. The maximum Gasteiger partial charge on any atom is 0.256 e. The summed E-state index contributed by atoms with van der Waals surface area (Å²) in [6, 6.07) is 137. The molecule has 2 aromatic heterocycles. The van der Waals surface area contributed by atoms with Gasteiger partial charge in [-0.25, -0.2) is 0 Å². The molecule has 6 nitrogen and oxygen atoms in total. The Labute approximate surface area is 623 Å². The van der Waals surface area contributed by atoms with E-state index < -0.39 is 0 Å². The van der Waals surface area contributed by atoms with Crippen LogP contribution in [0.4, 0.5) is 85.3 Å². The molecule has 0 amide bonds. The molecule has 494 valence electrons. The molecule has 0 aliphatic carbocycles. The lowest BCUT2D eigenvalue weighted by Crippen LogP contribution is -2.64. The van der Waals surface area contributed by atoms with Crippen molar-refractivity contribution in [3.63, 3.8) is 0 Å². The lowest BCUT2D eigenvalue weighted by Gasteiger charge is -2.46. The lowest BCUT2D eigenvalue weighted by atomic mass is 9.30. The van der Waals surface area contributed by atoms with Crippen molar-refractivity contribution in [2.75, 3.05) is 24.5 Å². The Morgan fingerprint density at radius 3 is 1.40 bits per heavy atom. The van der Waals surface area contributed by atoms with Crippen molar-refractivity contribution in [2.45, 2.75) is 0 Å². The molecule has 0 fully saturated rings. The van der Waals surface area contributed by atoms with Crippen LogP contribution in [0.25, 0.3) is 62.6 Å². The summed E-state index contributed by atoms with van der Waals surface area (Å²) >= 11 is 3.71. The average molecular weight is 1390 g/mol. The third-order valence-corrected chi connectivity index (χ3v) is 24.3. The topological polar surface area (TPSA) is 25.4 Å². The molecule has 0 bridgehead atoms. The zero-order valence-electron chi connectivity index (χ0n) is 57.3. The molecule has 0 radical (unpaired) electrons. The van der Waals surface area contributed by atoms with Gasteiger partial charge in [-0.15, -0.1) is 22.7 Å². The van der Waals surface area contributed by atoms with Gasteiger partial charge in [-0.1, -0.05) is 249 Å². The van der Waals surface area contributed by atoms with E-state index in [0.29, 0.717) is 0 Å². The van der Waals surface area contributed by atoms with E-state index in [9.17, 15) is 0 Å². The van der Waals surface area contributed by atoms with E-state index in [1.807, 2.05) is 22.7 Å². The summed E-state index contributed by atoms with van der Waals surface area (Å²) in [5.41, 5.74) is 27.7. The van der Waals surface area contributed by atoms with E-state index in [4.69, 9.17) is 4.74 Å². The van der Waals surface area contributed by atoms with E-state index in [0.717, 1.165) is 130 Å². The van der Waals surface area contributed by atoms with E-state index in [1.165, 1.54) is 62.2 Å². The minimum absolute atomic E-state index is 0.229. The fraction of sp³-hybridized carbons (Fsp3) is 0. The van der Waals surface area contributed by atoms with Crippen molar-refractivity contribution >= 4 is 195 Å². The highest BCUT2D eigenvalue weighted by molar-refractivity contribution is 7.26. The normalized spacial score (nSPS) is 12.9. The average Bonchev–Trinajstić information content (AvgIpc) is 1.10. The van der Waals surface area contributed by atoms with Crippen LogP contribution < -0.4 is 62.0 Å². The first kappa shape index (κ1) is 60.5. The fourth-order valence-corrected chi connectivity index (χ4v) is 20.0. The first-order valence-electron chi connectivity index (χ1n) is 36.3. The zero-order valence-corrected chi connectivity index (χ0v) is 59.0. The van der Waals surface area contributed by atoms with Crippen molar-refractivity contribution < 1.29 is 4.74 Å². The van der Waals surface area contributed by atoms with Crippen molar-refractivity contribution in [3.05, 3.63) is 370 Å². The van der Waals surface area contributed by atoms with Crippen molar-refractivity contribution in [1.29, 1.82) is 0 Å². The summed E-state index contributed by atoms with van der Waals surface area (Å²) in [7, 11) is 0. The van der Waals surface area contributed by atoms with Gasteiger partial charge >= 0.3 is 0 Å². The quantitative estimate of drug-likeness (QED) is 0.120. The largest absolute Gasteiger partial charge is 0.458 e. The number of fused-ring (bicyclic) bond motifs is 14. The van der Waals surface area contributed by atoms with Gasteiger partial charge in [-0.3, -0.25) is 0 Å². The highest BCUT2D eigenvalue weighted by atomic mass is 32.1.